The lowest BCUT2D eigenvalue weighted by Gasteiger charge is -2.43. The number of alkyl halides is 3. The molecule has 0 N–H and O–H groups in total. The molecule has 13 heavy (non-hydrogen) atoms. The molecule has 1 saturated carbocycles. The highest BCUT2D eigenvalue weighted by Gasteiger charge is 2.58. The molecule has 0 saturated heterocycles. The van der Waals surface area contributed by atoms with Crippen LogP contribution in [0.4, 0.5) is 13.2 Å². The van der Waals surface area contributed by atoms with Crippen molar-refractivity contribution in [3.63, 3.8) is 0 Å². The molecule has 3 unspecified atom stereocenters. The van der Waals surface area contributed by atoms with Crippen LogP contribution in [0.2, 0.25) is 0 Å². The number of halogens is 3. The van der Waals surface area contributed by atoms with Crippen LogP contribution in [0.15, 0.2) is 0 Å². The summed E-state index contributed by atoms with van der Waals surface area (Å²) >= 11 is 0. The summed E-state index contributed by atoms with van der Waals surface area (Å²) in [5.74, 6) is -3.86. The van der Waals surface area contributed by atoms with Crippen LogP contribution in [0, 0.1) is 11.8 Å². The van der Waals surface area contributed by atoms with E-state index in [1.165, 1.54) is 0 Å². The van der Waals surface area contributed by atoms with E-state index < -0.39 is 17.5 Å². The summed E-state index contributed by atoms with van der Waals surface area (Å²) in [5, 5.41) is 0. The van der Waals surface area contributed by atoms with Gasteiger partial charge in [-0.15, -0.1) is 0 Å². The lowest BCUT2D eigenvalue weighted by molar-refractivity contribution is -0.199. The van der Waals surface area contributed by atoms with Crippen molar-refractivity contribution < 1.29 is 13.2 Å². The maximum Gasteiger partial charge on any atom is 0.283 e. The largest absolute Gasteiger partial charge is 0.283 e. The Balaban J connectivity index is 2.88. The maximum absolute atomic E-state index is 13.6. The van der Waals surface area contributed by atoms with Crippen molar-refractivity contribution in [2.24, 2.45) is 11.8 Å². The zero-order valence-electron chi connectivity index (χ0n) is 8.41. The van der Waals surface area contributed by atoms with Gasteiger partial charge in [0, 0.05) is 5.92 Å². The summed E-state index contributed by atoms with van der Waals surface area (Å²) in [6, 6.07) is 0. The molecular formula is C10H17F3. The lowest BCUT2D eigenvalue weighted by Crippen LogP contribution is -2.52. The highest BCUT2D eigenvalue weighted by atomic mass is 19.3. The van der Waals surface area contributed by atoms with E-state index in [-0.39, 0.29) is 12.3 Å². The molecule has 0 aromatic rings. The molecule has 1 fully saturated rings. The standard InChI is InChI=1S/C10H17F3/c1-4-8-5-7(2)6-9(3,11)10(8,12)13/h7-8H,4-6H2,1-3H3. The third kappa shape index (κ3) is 1.70. The second-order valence-electron chi connectivity index (χ2n) is 4.47. The van der Waals surface area contributed by atoms with Gasteiger partial charge in [-0.25, -0.2) is 13.2 Å². The van der Waals surface area contributed by atoms with Crippen molar-refractivity contribution in [3.8, 4) is 0 Å². The van der Waals surface area contributed by atoms with Gasteiger partial charge in [0.1, 0.15) is 0 Å². The van der Waals surface area contributed by atoms with Crippen LogP contribution < -0.4 is 0 Å². The van der Waals surface area contributed by atoms with E-state index in [1.54, 1.807) is 6.92 Å². The van der Waals surface area contributed by atoms with E-state index >= 15 is 0 Å². The second kappa shape index (κ2) is 3.18. The van der Waals surface area contributed by atoms with E-state index in [9.17, 15) is 13.2 Å². The van der Waals surface area contributed by atoms with Gasteiger partial charge in [-0.1, -0.05) is 13.8 Å². The number of rotatable bonds is 1. The van der Waals surface area contributed by atoms with E-state index in [4.69, 9.17) is 0 Å². The van der Waals surface area contributed by atoms with E-state index in [0.717, 1.165) is 6.92 Å². The van der Waals surface area contributed by atoms with E-state index in [2.05, 4.69) is 0 Å². The summed E-state index contributed by atoms with van der Waals surface area (Å²) in [7, 11) is 0. The van der Waals surface area contributed by atoms with Gasteiger partial charge < -0.3 is 0 Å². The van der Waals surface area contributed by atoms with Gasteiger partial charge in [-0.05, 0) is 32.1 Å². The topological polar surface area (TPSA) is 0 Å². The molecule has 0 radical (unpaired) electrons. The SMILES string of the molecule is CCC1CC(C)CC(C)(F)C1(F)F. The molecule has 1 aliphatic rings. The van der Waals surface area contributed by atoms with Crippen LogP contribution in [-0.2, 0) is 0 Å². The predicted octanol–water partition coefficient (Wildman–Crippen LogP) is 3.81. The molecule has 0 nitrogen and oxygen atoms in total. The van der Waals surface area contributed by atoms with Gasteiger partial charge in [0.15, 0.2) is 5.67 Å². The van der Waals surface area contributed by atoms with Crippen LogP contribution in [0.25, 0.3) is 0 Å². The normalized spacial score (nSPS) is 44.8. The predicted molar refractivity (Wildman–Crippen MR) is 46.6 cm³/mol. The Morgan fingerprint density at radius 1 is 1.31 bits per heavy atom. The number of hydrogen-bond donors (Lipinski definition) is 0. The molecule has 78 valence electrons. The fraction of sp³-hybridized carbons (Fsp3) is 1.00. The fourth-order valence-corrected chi connectivity index (χ4v) is 2.36. The summed E-state index contributed by atoms with van der Waals surface area (Å²) in [6.07, 6.45) is 0.788. The van der Waals surface area contributed by atoms with Crippen molar-refractivity contribution in [2.45, 2.75) is 51.6 Å². The smallest absolute Gasteiger partial charge is 0.238 e. The summed E-state index contributed by atoms with van der Waals surface area (Å²) < 4.78 is 40.5. The minimum Gasteiger partial charge on any atom is -0.238 e. The first-order valence-corrected chi connectivity index (χ1v) is 4.88. The molecule has 0 heterocycles. The van der Waals surface area contributed by atoms with Gasteiger partial charge in [-0.2, -0.15) is 0 Å². The van der Waals surface area contributed by atoms with Crippen molar-refractivity contribution in [1.29, 1.82) is 0 Å². The van der Waals surface area contributed by atoms with Crippen molar-refractivity contribution in [2.75, 3.05) is 0 Å². The van der Waals surface area contributed by atoms with Crippen LogP contribution in [-0.4, -0.2) is 11.6 Å². The highest BCUT2D eigenvalue weighted by Crippen LogP contribution is 2.50. The quantitative estimate of drug-likeness (QED) is 0.595. The summed E-state index contributed by atoms with van der Waals surface area (Å²) in [4.78, 5) is 0. The first-order chi connectivity index (χ1) is 5.81. The average Bonchev–Trinajstić information content (AvgIpc) is 1.96. The van der Waals surface area contributed by atoms with Gasteiger partial charge in [0.05, 0.1) is 0 Å². The lowest BCUT2D eigenvalue weighted by atomic mass is 9.71. The molecule has 1 rings (SSSR count). The van der Waals surface area contributed by atoms with Crippen molar-refractivity contribution >= 4 is 0 Å². The second-order valence-corrected chi connectivity index (χ2v) is 4.47. The molecule has 1 aliphatic carbocycles. The monoisotopic (exact) mass is 194 g/mol. The van der Waals surface area contributed by atoms with Gasteiger partial charge in [0.25, 0.3) is 5.92 Å². The Hall–Kier alpha value is -0.210. The third-order valence-electron chi connectivity index (χ3n) is 3.12. The van der Waals surface area contributed by atoms with E-state index in [1.807, 2.05) is 6.92 Å². The Kier molecular flexibility index (Phi) is 2.65. The molecule has 3 heteroatoms. The summed E-state index contributed by atoms with van der Waals surface area (Å²) in [6.45, 7) is 4.58. The van der Waals surface area contributed by atoms with Gasteiger partial charge in [0.2, 0.25) is 0 Å². The first kappa shape index (κ1) is 10.9. The third-order valence-corrected chi connectivity index (χ3v) is 3.12. The fourth-order valence-electron chi connectivity index (χ4n) is 2.36. The Morgan fingerprint density at radius 2 is 1.85 bits per heavy atom. The van der Waals surface area contributed by atoms with Crippen molar-refractivity contribution in [3.05, 3.63) is 0 Å². The maximum atomic E-state index is 13.6. The zero-order chi connectivity index (χ0) is 10.3. The zero-order valence-corrected chi connectivity index (χ0v) is 8.41. The first-order valence-electron chi connectivity index (χ1n) is 4.88. The van der Waals surface area contributed by atoms with Crippen molar-refractivity contribution in [1.82, 2.24) is 0 Å². The van der Waals surface area contributed by atoms with Crippen LogP contribution in [0.1, 0.15) is 40.0 Å². The molecule has 0 aromatic carbocycles. The average molecular weight is 194 g/mol. The highest BCUT2D eigenvalue weighted by molar-refractivity contribution is 4.99. The Bertz CT molecular complexity index is 187. The van der Waals surface area contributed by atoms with Gasteiger partial charge >= 0.3 is 0 Å². The molecule has 0 spiro atoms. The molecular weight excluding hydrogens is 177 g/mol. The molecule has 0 amide bonds. The molecule has 0 bridgehead atoms. The van der Waals surface area contributed by atoms with Crippen LogP contribution in [0.3, 0.4) is 0 Å². The van der Waals surface area contributed by atoms with Crippen LogP contribution in [0.5, 0.6) is 0 Å². The van der Waals surface area contributed by atoms with Crippen LogP contribution >= 0.6 is 0 Å². The van der Waals surface area contributed by atoms with Gasteiger partial charge in [-0.3, -0.25) is 0 Å². The molecule has 0 aliphatic heterocycles. The Morgan fingerprint density at radius 3 is 2.31 bits per heavy atom. The Labute approximate surface area is 77.5 Å². The minimum absolute atomic E-state index is 0.0174. The van der Waals surface area contributed by atoms with E-state index in [0.29, 0.717) is 12.8 Å². The summed E-state index contributed by atoms with van der Waals surface area (Å²) in [5.41, 5.74) is -2.31. The molecule has 3 atom stereocenters. The minimum atomic E-state index is -3.14. The molecule has 0 aromatic heterocycles. The number of hydrogen-bond acceptors (Lipinski definition) is 0.